The van der Waals surface area contributed by atoms with E-state index in [1.807, 2.05) is 30.3 Å². The topological polar surface area (TPSA) is 51.4 Å². The Labute approximate surface area is 239 Å². The molecule has 1 heterocycles. The number of para-hydroxylation sites is 1. The maximum atomic E-state index is 13.1. The van der Waals surface area contributed by atoms with Gasteiger partial charge in [0.25, 0.3) is 5.91 Å². The highest BCUT2D eigenvalue weighted by Crippen LogP contribution is 2.29. The van der Waals surface area contributed by atoms with E-state index in [9.17, 15) is 4.79 Å². The molecule has 0 aliphatic carbocycles. The van der Waals surface area contributed by atoms with Crippen molar-refractivity contribution in [1.82, 2.24) is 0 Å². The Morgan fingerprint density at radius 1 is 0.872 bits per heavy atom. The van der Waals surface area contributed by atoms with Crippen LogP contribution in [0.1, 0.15) is 105 Å². The van der Waals surface area contributed by atoms with E-state index in [2.05, 4.69) is 35.4 Å². The highest BCUT2D eigenvalue weighted by molar-refractivity contribution is 7.09. The highest BCUT2D eigenvalue weighted by atomic mass is 32.1. The van der Waals surface area contributed by atoms with Gasteiger partial charge in [0, 0.05) is 11.1 Å². The van der Waals surface area contributed by atoms with Gasteiger partial charge in [0.1, 0.15) is 0 Å². The molecule has 0 bridgehead atoms. The molecular weight excluding hydrogens is 504 g/mol. The molecule has 212 valence electrons. The number of carbonyl (C=O) groups is 1. The molecule has 0 radical (unpaired) electrons. The highest BCUT2D eigenvalue weighted by Gasteiger charge is 2.15. The van der Waals surface area contributed by atoms with Crippen LogP contribution in [0.3, 0.4) is 0 Å². The van der Waals surface area contributed by atoms with Crippen molar-refractivity contribution in [2.75, 3.05) is 19.0 Å². The quantitative estimate of drug-likeness (QED) is 0.120. The molecule has 0 atom stereocenters. The number of hydrogen-bond acceptors (Lipinski definition) is 4. The molecule has 0 aliphatic heterocycles. The number of aryl methyl sites for hydroxylation is 1. The molecule has 0 fully saturated rings. The van der Waals surface area contributed by atoms with E-state index in [0.29, 0.717) is 30.2 Å². The molecule has 5 nitrogen and oxygen atoms in total. The molecule has 1 N–H and O–H groups in total. The Morgan fingerprint density at radius 2 is 1.54 bits per heavy atom. The van der Waals surface area contributed by atoms with E-state index in [4.69, 9.17) is 9.47 Å². The second-order valence-electron chi connectivity index (χ2n) is 10.3. The molecule has 1 aromatic heterocycles. The minimum absolute atomic E-state index is 0.167. The summed E-state index contributed by atoms with van der Waals surface area (Å²) in [4.78, 5) is 14.3. The van der Waals surface area contributed by atoms with Crippen LogP contribution in [0.4, 0.5) is 5.69 Å². The fourth-order valence-electron chi connectivity index (χ4n) is 4.75. The minimum atomic E-state index is -0.167. The van der Waals surface area contributed by atoms with Gasteiger partial charge in [0.05, 0.1) is 24.3 Å². The number of carbonyl (C=O) groups excluding carboxylic acids is 1. The van der Waals surface area contributed by atoms with Crippen molar-refractivity contribution < 1.29 is 18.8 Å². The summed E-state index contributed by atoms with van der Waals surface area (Å²) in [6.45, 7) is 5.73. The standard InChI is InChI=1S/C33H46N2O3S/c1-4-5-6-7-8-9-10-11-12-13-14-17-22-38-31-21-20-28(23-32(31)37-3)33(36)34-30-19-16-15-18-29(30)25-35-24-27(2)39-26-35/h15-16,18-21,23-24,26H,4-14,17,22,25H2,1-3H3/p+1. The maximum absolute atomic E-state index is 13.1. The first kappa shape index (κ1) is 30.7. The van der Waals surface area contributed by atoms with Gasteiger partial charge in [0.15, 0.2) is 24.2 Å². The molecule has 0 spiro atoms. The van der Waals surface area contributed by atoms with Crippen molar-refractivity contribution in [3.63, 3.8) is 0 Å². The average molecular weight is 552 g/mol. The fourth-order valence-corrected chi connectivity index (χ4v) is 5.39. The number of amides is 1. The second kappa shape index (κ2) is 17.7. The van der Waals surface area contributed by atoms with Crippen molar-refractivity contribution in [1.29, 1.82) is 0 Å². The first-order valence-corrected chi connectivity index (χ1v) is 15.6. The SMILES string of the molecule is CCCCCCCCCCCCCCOc1ccc(C(=O)Nc2ccccc2C[n+]2csc(C)c2)cc1OC. The lowest BCUT2D eigenvalue weighted by Gasteiger charge is -2.13. The molecule has 3 aromatic rings. The van der Waals surface area contributed by atoms with Crippen LogP contribution in [0.5, 0.6) is 11.5 Å². The Balaban J connectivity index is 1.40. The van der Waals surface area contributed by atoms with E-state index in [1.165, 1.54) is 75.5 Å². The summed E-state index contributed by atoms with van der Waals surface area (Å²) in [5.74, 6) is 1.10. The van der Waals surface area contributed by atoms with E-state index in [0.717, 1.165) is 17.7 Å². The van der Waals surface area contributed by atoms with Crippen molar-refractivity contribution in [3.8, 4) is 11.5 Å². The summed E-state index contributed by atoms with van der Waals surface area (Å²) < 4.78 is 13.7. The number of unbranched alkanes of at least 4 members (excludes halogenated alkanes) is 11. The van der Waals surface area contributed by atoms with Gasteiger partial charge in [-0.3, -0.25) is 4.79 Å². The minimum Gasteiger partial charge on any atom is -0.493 e. The smallest absolute Gasteiger partial charge is 0.255 e. The number of nitrogens with zero attached hydrogens (tertiary/aromatic N) is 1. The van der Waals surface area contributed by atoms with Gasteiger partial charge in [-0.05, 0) is 37.6 Å². The van der Waals surface area contributed by atoms with Crippen LogP contribution in [0.15, 0.2) is 54.2 Å². The lowest BCUT2D eigenvalue weighted by atomic mass is 10.1. The zero-order chi connectivity index (χ0) is 27.7. The van der Waals surface area contributed by atoms with Gasteiger partial charge < -0.3 is 14.8 Å². The van der Waals surface area contributed by atoms with Gasteiger partial charge in [-0.2, -0.15) is 4.57 Å². The molecule has 1 amide bonds. The van der Waals surface area contributed by atoms with E-state index < -0.39 is 0 Å². The van der Waals surface area contributed by atoms with Gasteiger partial charge in [-0.15, -0.1) is 0 Å². The molecule has 3 rings (SSSR count). The third-order valence-electron chi connectivity index (χ3n) is 7.02. The van der Waals surface area contributed by atoms with Crippen LogP contribution in [0.2, 0.25) is 0 Å². The fraction of sp³-hybridized carbons (Fsp3) is 0.515. The van der Waals surface area contributed by atoms with Gasteiger partial charge in [0.2, 0.25) is 5.51 Å². The Hall–Kier alpha value is -2.86. The van der Waals surface area contributed by atoms with E-state index >= 15 is 0 Å². The summed E-state index contributed by atoms with van der Waals surface area (Å²) in [5, 5.41) is 3.08. The monoisotopic (exact) mass is 551 g/mol. The largest absolute Gasteiger partial charge is 0.493 e. The van der Waals surface area contributed by atoms with Crippen LogP contribution >= 0.6 is 11.3 Å². The number of hydrogen-bond donors (Lipinski definition) is 1. The predicted octanol–water partition coefficient (Wildman–Crippen LogP) is 8.73. The van der Waals surface area contributed by atoms with Crippen molar-refractivity contribution in [3.05, 3.63) is 70.2 Å². The third kappa shape index (κ3) is 11.0. The third-order valence-corrected chi connectivity index (χ3v) is 7.87. The number of anilines is 1. The van der Waals surface area contributed by atoms with Gasteiger partial charge >= 0.3 is 0 Å². The summed E-state index contributed by atoms with van der Waals surface area (Å²) in [6.07, 6.45) is 17.9. The van der Waals surface area contributed by atoms with Gasteiger partial charge in [-0.1, -0.05) is 107 Å². The first-order chi connectivity index (χ1) is 19.1. The van der Waals surface area contributed by atoms with Crippen molar-refractivity contribution in [2.24, 2.45) is 0 Å². The van der Waals surface area contributed by atoms with Crippen molar-refractivity contribution in [2.45, 2.75) is 97.4 Å². The maximum Gasteiger partial charge on any atom is 0.255 e. The lowest BCUT2D eigenvalue weighted by Crippen LogP contribution is -2.31. The molecule has 39 heavy (non-hydrogen) atoms. The summed E-state index contributed by atoms with van der Waals surface area (Å²) >= 11 is 1.71. The van der Waals surface area contributed by atoms with Crippen LogP contribution < -0.4 is 19.4 Å². The number of rotatable bonds is 19. The zero-order valence-electron chi connectivity index (χ0n) is 24.2. The molecule has 0 saturated heterocycles. The van der Waals surface area contributed by atoms with E-state index in [-0.39, 0.29) is 5.91 Å². The molecule has 0 unspecified atom stereocenters. The zero-order valence-corrected chi connectivity index (χ0v) is 25.0. The van der Waals surface area contributed by atoms with E-state index in [1.54, 1.807) is 30.6 Å². The number of aromatic nitrogens is 1. The predicted molar refractivity (Wildman–Crippen MR) is 162 cm³/mol. The molecule has 0 aliphatic rings. The molecule has 6 heteroatoms. The van der Waals surface area contributed by atoms with Crippen LogP contribution in [-0.2, 0) is 6.54 Å². The molecule has 2 aromatic carbocycles. The Morgan fingerprint density at radius 3 is 2.18 bits per heavy atom. The average Bonchev–Trinajstić information content (AvgIpc) is 3.36. The van der Waals surface area contributed by atoms with Gasteiger partial charge in [-0.25, -0.2) is 0 Å². The Bertz CT molecular complexity index is 1130. The number of nitrogens with one attached hydrogen (secondary N) is 1. The summed E-state index contributed by atoms with van der Waals surface area (Å²) in [6, 6.07) is 13.3. The van der Waals surface area contributed by atoms with Crippen molar-refractivity contribution >= 4 is 22.9 Å². The lowest BCUT2D eigenvalue weighted by molar-refractivity contribution is -0.683. The van der Waals surface area contributed by atoms with Crippen LogP contribution in [0.25, 0.3) is 0 Å². The van der Waals surface area contributed by atoms with Crippen LogP contribution in [-0.4, -0.2) is 19.6 Å². The molecular formula is C33H47N2O3S+. The normalized spacial score (nSPS) is 10.9. The summed E-state index contributed by atoms with van der Waals surface area (Å²) in [5.41, 5.74) is 4.50. The second-order valence-corrected chi connectivity index (χ2v) is 11.4. The summed E-state index contributed by atoms with van der Waals surface area (Å²) in [7, 11) is 1.61. The number of thiazole rings is 1. The number of ether oxygens (including phenoxy) is 2. The number of methoxy groups -OCH3 is 1. The first-order valence-electron chi connectivity index (χ1n) is 14.7. The Kier molecular flexibility index (Phi) is 13.9. The number of benzene rings is 2. The van der Waals surface area contributed by atoms with Crippen LogP contribution in [0, 0.1) is 6.92 Å². The molecule has 0 saturated carbocycles.